The van der Waals surface area contributed by atoms with Gasteiger partial charge >= 0.3 is 6.18 Å². The molecule has 3 rings (SSSR count). The van der Waals surface area contributed by atoms with Crippen molar-refractivity contribution < 1.29 is 32.2 Å². The number of carbonyl (C=O) groups excluding carboxylic acids is 2. The molecule has 0 radical (unpaired) electrons. The fourth-order valence-corrected chi connectivity index (χ4v) is 3.17. The number of hydrogen-bond acceptors (Lipinski definition) is 4. The first-order valence-electron chi connectivity index (χ1n) is 8.31. The number of halogens is 3. The highest BCUT2D eigenvalue weighted by Crippen LogP contribution is 2.35. The Bertz CT molecular complexity index is 677. The first-order chi connectivity index (χ1) is 12.3. The molecule has 0 bridgehead atoms. The minimum Gasteiger partial charge on any atom is -0.347 e. The number of ether oxygens (including phenoxy) is 2. The summed E-state index contributed by atoms with van der Waals surface area (Å²) in [5, 5.41) is 2.18. The van der Waals surface area contributed by atoms with Gasteiger partial charge in [0.1, 0.15) is 6.42 Å². The van der Waals surface area contributed by atoms with Crippen LogP contribution in [0.1, 0.15) is 24.8 Å². The van der Waals surface area contributed by atoms with Crippen LogP contribution in [0.25, 0.3) is 0 Å². The summed E-state index contributed by atoms with van der Waals surface area (Å²) in [5.41, 5.74) is -1.31. The van der Waals surface area contributed by atoms with Crippen molar-refractivity contribution in [1.82, 2.24) is 4.90 Å². The molecule has 2 heterocycles. The minimum atomic E-state index is -4.59. The maximum atomic E-state index is 12.9. The summed E-state index contributed by atoms with van der Waals surface area (Å²) >= 11 is 0. The van der Waals surface area contributed by atoms with Crippen molar-refractivity contribution in [2.45, 2.75) is 31.2 Å². The second kappa shape index (κ2) is 7.24. The Hall–Kier alpha value is -2.13. The maximum Gasteiger partial charge on any atom is 0.418 e. The van der Waals surface area contributed by atoms with Gasteiger partial charge in [-0.2, -0.15) is 13.2 Å². The topological polar surface area (TPSA) is 67.9 Å². The number of alkyl halides is 3. The van der Waals surface area contributed by atoms with E-state index in [1.807, 2.05) is 0 Å². The van der Waals surface area contributed by atoms with Gasteiger partial charge in [-0.15, -0.1) is 0 Å². The molecule has 0 saturated carbocycles. The van der Waals surface area contributed by atoms with E-state index < -0.39 is 35.8 Å². The molecular weight excluding hydrogens is 353 g/mol. The summed E-state index contributed by atoms with van der Waals surface area (Å²) in [6, 6.07) is 4.66. The average molecular weight is 372 g/mol. The summed E-state index contributed by atoms with van der Waals surface area (Å²) in [6.45, 7) is 1.81. The van der Waals surface area contributed by atoms with E-state index in [2.05, 4.69) is 5.32 Å². The molecule has 2 fully saturated rings. The lowest BCUT2D eigenvalue weighted by molar-refractivity contribution is -0.187. The van der Waals surface area contributed by atoms with Gasteiger partial charge in [-0.05, 0) is 12.1 Å². The average Bonchev–Trinajstić information content (AvgIpc) is 3.03. The zero-order chi connectivity index (χ0) is 18.8. The van der Waals surface area contributed by atoms with Gasteiger partial charge < -0.3 is 19.7 Å². The summed E-state index contributed by atoms with van der Waals surface area (Å²) in [7, 11) is 0. The van der Waals surface area contributed by atoms with Gasteiger partial charge in [-0.3, -0.25) is 9.59 Å². The number of anilines is 1. The quantitative estimate of drug-likeness (QED) is 0.828. The van der Waals surface area contributed by atoms with Crippen LogP contribution < -0.4 is 5.32 Å². The molecule has 0 aromatic heterocycles. The molecule has 1 spiro atoms. The van der Waals surface area contributed by atoms with Crippen LogP contribution in [0.5, 0.6) is 0 Å². The van der Waals surface area contributed by atoms with E-state index in [1.165, 1.54) is 17.0 Å². The van der Waals surface area contributed by atoms with Gasteiger partial charge in [-0.1, -0.05) is 12.1 Å². The number of para-hydroxylation sites is 1. The largest absolute Gasteiger partial charge is 0.418 e. The van der Waals surface area contributed by atoms with Crippen LogP contribution in [-0.2, 0) is 25.2 Å². The summed E-state index contributed by atoms with van der Waals surface area (Å²) < 4.78 is 50.0. The number of nitrogens with one attached hydrogen (secondary N) is 1. The molecular formula is C17H19F3N2O4. The van der Waals surface area contributed by atoms with E-state index in [1.54, 1.807) is 0 Å². The highest BCUT2D eigenvalue weighted by atomic mass is 19.4. The molecule has 142 valence electrons. The predicted molar refractivity (Wildman–Crippen MR) is 85.1 cm³/mol. The molecule has 2 aliphatic rings. The molecule has 2 saturated heterocycles. The van der Waals surface area contributed by atoms with Crippen molar-refractivity contribution in [3.8, 4) is 0 Å². The highest BCUT2D eigenvalue weighted by Gasteiger charge is 2.41. The number of nitrogens with zero attached hydrogens (tertiary/aromatic N) is 1. The Labute approximate surface area is 148 Å². The number of amides is 2. The summed E-state index contributed by atoms with van der Waals surface area (Å²) in [4.78, 5) is 25.8. The van der Waals surface area contributed by atoms with Crippen LogP contribution in [-0.4, -0.2) is 48.8 Å². The second-order valence-corrected chi connectivity index (χ2v) is 6.26. The van der Waals surface area contributed by atoms with Crippen LogP contribution in [0.3, 0.4) is 0 Å². The first kappa shape index (κ1) is 18.7. The summed E-state index contributed by atoms with van der Waals surface area (Å²) in [5.74, 6) is -1.84. The molecule has 26 heavy (non-hydrogen) atoms. The Morgan fingerprint density at radius 3 is 2.35 bits per heavy atom. The monoisotopic (exact) mass is 372 g/mol. The zero-order valence-electron chi connectivity index (χ0n) is 14.0. The first-order valence-corrected chi connectivity index (χ1v) is 8.31. The van der Waals surface area contributed by atoms with E-state index in [0.717, 1.165) is 12.1 Å². The van der Waals surface area contributed by atoms with Gasteiger partial charge in [0.05, 0.1) is 24.5 Å². The van der Waals surface area contributed by atoms with Crippen molar-refractivity contribution in [3.05, 3.63) is 29.8 Å². The van der Waals surface area contributed by atoms with Crippen molar-refractivity contribution >= 4 is 17.5 Å². The minimum absolute atomic E-state index is 0.358. The van der Waals surface area contributed by atoms with E-state index in [4.69, 9.17) is 9.47 Å². The zero-order valence-corrected chi connectivity index (χ0v) is 14.0. The number of rotatable bonds is 3. The third kappa shape index (κ3) is 4.16. The smallest absolute Gasteiger partial charge is 0.347 e. The highest BCUT2D eigenvalue weighted by molar-refractivity contribution is 6.03. The molecule has 9 heteroatoms. The van der Waals surface area contributed by atoms with E-state index in [-0.39, 0.29) is 5.69 Å². The number of hydrogen-bond donors (Lipinski definition) is 1. The Morgan fingerprint density at radius 2 is 1.73 bits per heavy atom. The molecule has 0 aliphatic carbocycles. The SMILES string of the molecule is O=C(CC(=O)N1CCC2(CC1)OCCO2)Nc1ccccc1C(F)(F)F. The van der Waals surface area contributed by atoms with Crippen LogP contribution in [0, 0.1) is 0 Å². The molecule has 2 aliphatic heterocycles. The fraction of sp³-hybridized carbons (Fsp3) is 0.529. The maximum absolute atomic E-state index is 12.9. The van der Waals surface area contributed by atoms with Crippen molar-refractivity contribution in [2.24, 2.45) is 0 Å². The summed E-state index contributed by atoms with van der Waals surface area (Å²) in [6.07, 6.45) is -4.08. The Balaban J connectivity index is 1.55. The van der Waals surface area contributed by atoms with E-state index >= 15 is 0 Å². The van der Waals surface area contributed by atoms with Crippen LogP contribution in [0.4, 0.5) is 18.9 Å². The second-order valence-electron chi connectivity index (χ2n) is 6.26. The molecule has 1 N–H and O–H groups in total. The molecule has 1 aromatic rings. The van der Waals surface area contributed by atoms with Crippen LogP contribution >= 0.6 is 0 Å². The number of benzene rings is 1. The van der Waals surface area contributed by atoms with Gasteiger partial charge in [0.25, 0.3) is 0 Å². The molecule has 1 aromatic carbocycles. The standard InChI is InChI=1S/C17H19F3N2O4/c18-17(19,20)12-3-1-2-4-13(12)21-14(23)11-15(24)22-7-5-16(6-8-22)25-9-10-26-16/h1-4H,5-11H2,(H,21,23). The number of piperidine rings is 1. The lowest BCUT2D eigenvalue weighted by atomic mass is 10.0. The van der Waals surface area contributed by atoms with E-state index in [9.17, 15) is 22.8 Å². The van der Waals surface area contributed by atoms with Crippen molar-refractivity contribution in [3.63, 3.8) is 0 Å². The Kier molecular flexibility index (Phi) is 5.19. The normalized spacial score (nSPS) is 19.6. The molecule has 6 nitrogen and oxygen atoms in total. The van der Waals surface area contributed by atoms with Crippen molar-refractivity contribution in [2.75, 3.05) is 31.6 Å². The van der Waals surface area contributed by atoms with Gasteiger partial charge in [-0.25, -0.2) is 0 Å². The third-order valence-corrected chi connectivity index (χ3v) is 4.51. The van der Waals surface area contributed by atoms with Gasteiger partial charge in [0, 0.05) is 25.9 Å². The lowest BCUT2D eigenvalue weighted by Crippen LogP contribution is -2.47. The van der Waals surface area contributed by atoms with Gasteiger partial charge in [0.15, 0.2) is 5.79 Å². The third-order valence-electron chi connectivity index (χ3n) is 4.51. The van der Waals surface area contributed by atoms with Crippen LogP contribution in [0.2, 0.25) is 0 Å². The van der Waals surface area contributed by atoms with Crippen molar-refractivity contribution in [1.29, 1.82) is 0 Å². The molecule has 2 amide bonds. The fourth-order valence-electron chi connectivity index (χ4n) is 3.17. The Morgan fingerprint density at radius 1 is 1.12 bits per heavy atom. The molecule has 0 atom stereocenters. The van der Waals surface area contributed by atoms with E-state index in [0.29, 0.717) is 39.1 Å². The van der Waals surface area contributed by atoms with Crippen LogP contribution in [0.15, 0.2) is 24.3 Å². The lowest BCUT2D eigenvalue weighted by Gasteiger charge is -2.37. The number of carbonyl (C=O) groups is 2. The van der Waals surface area contributed by atoms with Gasteiger partial charge in [0.2, 0.25) is 11.8 Å². The predicted octanol–water partition coefficient (Wildman–Crippen LogP) is 2.40. The number of likely N-dealkylation sites (tertiary alicyclic amines) is 1. The molecule has 0 unspecified atom stereocenters.